The average molecular weight is 292 g/mol. The van der Waals surface area contributed by atoms with Crippen molar-refractivity contribution in [2.45, 2.75) is 6.42 Å². The first-order chi connectivity index (χ1) is 10.3. The van der Waals surface area contributed by atoms with Crippen LogP contribution in [0.3, 0.4) is 0 Å². The number of rotatable bonds is 6. The Labute approximate surface area is 124 Å². The van der Waals surface area contributed by atoms with Gasteiger partial charge in [0.1, 0.15) is 5.75 Å². The average Bonchev–Trinajstić information content (AvgIpc) is 2.54. The van der Waals surface area contributed by atoms with E-state index in [1.807, 2.05) is 30.3 Å². The first kappa shape index (κ1) is 15.3. The van der Waals surface area contributed by atoms with Crippen molar-refractivity contribution in [3.63, 3.8) is 0 Å². The molecule has 1 saturated heterocycles. The number of nitrogens with one attached hydrogen (secondary N) is 1. The molecule has 0 radical (unpaired) electrons. The molecule has 1 N–H and O–H groups in total. The highest BCUT2D eigenvalue weighted by Gasteiger charge is 2.17. The van der Waals surface area contributed by atoms with Crippen LogP contribution in [0.25, 0.3) is 0 Å². The molecule has 1 heterocycles. The van der Waals surface area contributed by atoms with E-state index in [4.69, 9.17) is 9.47 Å². The van der Waals surface area contributed by atoms with Gasteiger partial charge < -0.3 is 19.7 Å². The number of carbonyl (C=O) groups excluding carboxylic acids is 2. The van der Waals surface area contributed by atoms with Crippen molar-refractivity contribution < 1.29 is 19.1 Å². The molecule has 6 heteroatoms. The highest BCUT2D eigenvalue weighted by Crippen LogP contribution is 2.08. The van der Waals surface area contributed by atoms with Crippen LogP contribution < -0.4 is 10.1 Å². The monoisotopic (exact) mass is 292 g/mol. The van der Waals surface area contributed by atoms with E-state index in [1.165, 1.54) is 0 Å². The number of hydrogen-bond donors (Lipinski definition) is 1. The van der Waals surface area contributed by atoms with E-state index in [-0.39, 0.29) is 24.8 Å². The molecule has 0 unspecified atom stereocenters. The Hall–Kier alpha value is -2.08. The molecule has 1 aromatic rings. The van der Waals surface area contributed by atoms with Gasteiger partial charge in [-0.15, -0.1) is 0 Å². The van der Waals surface area contributed by atoms with Crippen molar-refractivity contribution in [1.82, 2.24) is 10.2 Å². The number of nitrogens with zero attached hydrogens (tertiary/aromatic N) is 1. The summed E-state index contributed by atoms with van der Waals surface area (Å²) in [6.07, 6.45) is 0.227. The Morgan fingerprint density at radius 1 is 1.19 bits per heavy atom. The lowest BCUT2D eigenvalue weighted by atomic mass is 10.3. The molecule has 6 nitrogen and oxygen atoms in total. The number of benzene rings is 1. The molecule has 0 aliphatic carbocycles. The van der Waals surface area contributed by atoms with Gasteiger partial charge in [-0.3, -0.25) is 9.59 Å². The van der Waals surface area contributed by atoms with Gasteiger partial charge in [0, 0.05) is 13.1 Å². The lowest BCUT2D eigenvalue weighted by Gasteiger charge is -2.26. The Morgan fingerprint density at radius 2 is 1.90 bits per heavy atom. The lowest BCUT2D eigenvalue weighted by molar-refractivity contribution is -0.136. The largest absolute Gasteiger partial charge is 0.493 e. The van der Waals surface area contributed by atoms with E-state index in [2.05, 4.69) is 5.32 Å². The topological polar surface area (TPSA) is 67.9 Å². The molecule has 1 aromatic carbocycles. The third-order valence-electron chi connectivity index (χ3n) is 3.14. The predicted molar refractivity (Wildman–Crippen MR) is 77.0 cm³/mol. The second-order valence-corrected chi connectivity index (χ2v) is 4.68. The fourth-order valence-corrected chi connectivity index (χ4v) is 1.97. The molecule has 2 rings (SSSR count). The third-order valence-corrected chi connectivity index (χ3v) is 3.14. The number of ether oxygens (including phenoxy) is 2. The van der Waals surface area contributed by atoms with E-state index in [9.17, 15) is 9.59 Å². The van der Waals surface area contributed by atoms with Crippen LogP contribution in [0.2, 0.25) is 0 Å². The summed E-state index contributed by atoms with van der Waals surface area (Å²) >= 11 is 0. The summed E-state index contributed by atoms with van der Waals surface area (Å²) in [4.78, 5) is 25.2. The van der Waals surface area contributed by atoms with Crippen LogP contribution in [-0.4, -0.2) is 56.2 Å². The van der Waals surface area contributed by atoms with Crippen LogP contribution >= 0.6 is 0 Å². The molecule has 0 atom stereocenters. The van der Waals surface area contributed by atoms with Crippen LogP contribution in [0.15, 0.2) is 30.3 Å². The van der Waals surface area contributed by atoms with Crippen molar-refractivity contribution in [2.24, 2.45) is 0 Å². The molecule has 1 aliphatic rings. The molecule has 2 amide bonds. The van der Waals surface area contributed by atoms with Crippen LogP contribution in [0.4, 0.5) is 0 Å². The van der Waals surface area contributed by atoms with Crippen LogP contribution in [0.1, 0.15) is 6.42 Å². The Balaban J connectivity index is 1.60. The highest BCUT2D eigenvalue weighted by molar-refractivity contribution is 5.84. The smallest absolute Gasteiger partial charge is 0.242 e. The molecule has 0 spiro atoms. The van der Waals surface area contributed by atoms with E-state index in [0.717, 1.165) is 5.75 Å². The normalized spacial score (nSPS) is 14.6. The zero-order valence-corrected chi connectivity index (χ0v) is 11.9. The van der Waals surface area contributed by atoms with Gasteiger partial charge in [-0.05, 0) is 12.1 Å². The van der Waals surface area contributed by atoms with Gasteiger partial charge >= 0.3 is 0 Å². The maximum Gasteiger partial charge on any atom is 0.242 e. The summed E-state index contributed by atoms with van der Waals surface area (Å²) in [5.74, 6) is 0.470. The zero-order chi connectivity index (χ0) is 14.9. The third kappa shape index (κ3) is 5.43. The standard InChI is InChI=1S/C15H20N2O4/c18-14(6-9-21-13-4-2-1-3-5-13)16-12-15(19)17-7-10-20-11-8-17/h1-5H,6-12H2,(H,16,18). The molecule has 0 bridgehead atoms. The summed E-state index contributed by atoms with van der Waals surface area (Å²) in [5.41, 5.74) is 0. The molecule has 21 heavy (non-hydrogen) atoms. The fourth-order valence-electron chi connectivity index (χ4n) is 1.97. The van der Waals surface area contributed by atoms with E-state index in [0.29, 0.717) is 32.9 Å². The minimum absolute atomic E-state index is 0.0319. The van der Waals surface area contributed by atoms with Crippen molar-refractivity contribution in [2.75, 3.05) is 39.5 Å². The lowest BCUT2D eigenvalue weighted by Crippen LogP contribution is -2.45. The SMILES string of the molecule is O=C(CCOc1ccccc1)NCC(=O)N1CCOCC1. The summed E-state index contributed by atoms with van der Waals surface area (Å²) in [6.45, 7) is 2.62. The number of amides is 2. The van der Waals surface area contributed by atoms with Crippen LogP contribution in [0.5, 0.6) is 5.75 Å². The quantitative estimate of drug-likeness (QED) is 0.825. The molecule has 1 fully saturated rings. The molecule has 0 saturated carbocycles. The van der Waals surface area contributed by atoms with Crippen molar-refractivity contribution in [1.29, 1.82) is 0 Å². The number of para-hydroxylation sites is 1. The highest BCUT2D eigenvalue weighted by atomic mass is 16.5. The van der Waals surface area contributed by atoms with Crippen LogP contribution in [0, 0.1) is 0 Å². The van der Waals surface area contributed by atoms with Crippen molar-refractivity contribution >= 4 is 11.8 Å². The molecular weight excluding hydrogens is 272 g/mol. The second-order valence-electron chi connectivity index (χ2n) is 4.68. The first-order valence-electron chi connectivity index (χ1n) is 7.06. The number of morpholine rings is 1. The van der Waals surface area contributed by atoms with Crippen molar-refractivity contribution in [3.8, 4) is 5.75 Å². The summed E-state index contributed by atoms with van der Waals surface area (Å²) < 4.78 is 10.6. The van der Waals surface area contributed by atoms with E-state index in [1.54, 1.807) is 4.90 Å². The maximum absolute atomic E-state index is 11.8. The summed E-state index contributed by atoms with van der Waals surface area (Å²) in [6, 6.07) is 9.31. The summed E-state index contributed by atoms with van der Waals surface area (Å²) in [5, 5.41) is 2.62. The molecular formula is C15H20N2O4. The number of carbonyl (C=O) groups is 2. The van der Waals surface area contributed by atoms with Gasteiger partial charge in [0.2, 0.25) is 11.8 Å². The minimum atomic E-state index is -0.187. The Bertz CT molecular complexity index is 458. The second kappa shape index (κ2) is 8.26. The molecule has 114 valence electrons. The van der Waals surface area contributed by atoms with Gasteiger partial charge in [-0.2, -0.15) is 0 Å². The minimum Gasteiger partial charge on any atom is -0.493 e. The van der Waals surface area contributed by atoms with E-state index < -0.39 is 0 Å². The van der Waals surface area contributed by atoms with E-state index >= 15 is 0 Å². The maximum atomic E-state index is 11.8. The van der Waals surface area contributed by atoms with Gasteiger partial charge in [0.05, 0.1) is 32.8 Å². The predicted octanol–water partition coefficient (Wildman–Crippen LogP) is 0.431. The Morgan fingerprint density at radius 3 is 2.62 bits per heavy atom. The Kier molecular flexibility index (Phi) is 6.02. The van der Waals surface area contributed by atoms with Gasteiger partial charge in [0.15, 0.2) is 0 Å². The zero-order valence-electron chi connectivity index (χ0n) is 11.9. The first-order valence-corrected chi connectivity index (χ1v) is 7.06. The molecule has 1 aliphatic heterocycles. The van der Waals surface area contributed by atoms with Gasteiger partial charge in [0.25, 0.3) is 0 Å². The van der Waals surface area contributed by atoms with Gasteiger partial charge in [-0.1, -0.05) is 18.2 Å². The van der Waals surface area contributed by atoms with Gasteiger partial charge in [-0.25, -0.2) is 0 Å². The van der Waals surface area contributed by atoms with Crippen LogP contribution in [-0.2, 0) is 14.3 Å². The summed E-state index contributed by atoms with van der Waals surface area (Å²) in [7, 11) is 0. The van der Waals surface area contributed by atoms with Crippen molar-refractivity contribution in [3.05, 3.63) is 30.3 Å². The molecule has 0 aromatic heterocycles. The fraction of sp³-hybridized carbons (Fsp3) is 0.467. The number of hydrogen-bond acceptors (Lipinski definition) is 4.